The Morgan fingerprint density at radius 1 is 1.39 bits per heavy atom. The first kappa shape index (κ1) is 12.9. The van der Waals surface area contributed by atoms with Crippen molar-refractivity contribution in [1.29, 1.82) is 0 Å². The number of hydrogen-bond acceptors (Lipinski definition) is 3. The molecule has 0 aliphatic rings. The van der Waals surface area contributed by atoms with Crippen molar-refractivity contribution in [2.24, 2.45) is 0 Å². The fourth-order valence-corrected chi connectivity index (χ4v) is 2.67. The first-order valence-electron chi connectivity index (χ1n) is 5.36. The Bertz CT molecular complexity index is 594. The van der Waals surface area contributed by atoms with Crippen LogP contribution in [-0.4, -0.2) is 13.0 Å². The monoisotopic (exact) mass is 280 g/mol. The van der Waals surface area contributed by atoms with Crippen LogP contribution in [0.25, 0.3) is 0 Å². The predicted octanol–water partition coefficient (Wildman–Crippen LogP) is 3.57. The number of benzene rings is 1. The van der Waals surface area contributed by atoms with Crippen LogP contribution in [0, 0.1) is 6.92 Å². The summed E-state index contributed by atoms with van der Waals surface area (Å²) in [6.45, 7) is 1.92. The zero-order valence-electron chi connectivity index (χ0n) is 10.1. The molecule has 1 aromatic carbocycles. The standard InChI is InChI=1S/C13H13ClN2OS/c1-8-6-18-7-10(8)13(17)16(2)12-5-9(14)3-4-11(12)15/h3-7H,15H2,1-2H3. The van der Waals surface area contributed by atoms with E-state index in [1.54, 1.807) is 25.2 Å². The normalized spacial score (nSPS) is 10.4. The summed E-state index contributed by atoms with van der Waals surface area (Å²) >= 11 is 7.44. The summed E-state index contributed by atoms with van der Waals surface area (Å²) in [4.78, 5) is 13.8. The van der Waals surface area contributed by atoms with Crippen LogP contribution in [0.1, 0.15) is 15.9 Å². The average Bonchev–Trinajstić information content (AvgIpc) is 2.77. The topological polar surface area (TPSA) is 46.3 Å². The van der Waals surface area contributed by atoms with E-state index < -0.39 is 0 Å². The van der Waals surface area contributed by atoms with Crippen LogP contribution in [0.4, 0.5) is 11.4 Å². The van der Waals surface area contributed by atoms with Gasteiger partial charge < -0.3 is 10.6 Å². The number of thiophene rings is 1. The molecule has 0 atom stereocenters. The largest absolute Gasteiger partial charge is 0.397 e. The van der Waals surface area contributed by atoms with Gasteiger partial charge >= 0.3 is 0 Å². The van der Waals surface area contributed by atoms with E-state index in [-0.39, 0.29) is 5.91 Å². The Morgan fingerprint density at radius 3 is 2.72 bits per heavy atom. The highest BCUT2D eigenvalue weighted by Crippen LogP contribution is 2.28. The Hall–Kier alpha value is -1.52. The SMILES string of the molecule is Cc1cscc1C(=O)N(C)c1cc(Cl)ccc1N. The summed E-state index contributed by atoms with van der Waals surface area (Å²) in [6, 6.07) is 5.09. The fraction of sp³-hybridized carbons (Fsp3) is 0.154. The summed E-state index contributed by atoms with van der Waals surface area (Å²) in [5, 5.41) is 4.35. The highest BCUT2D eigenvalue weighted by Gasteiger charge is 2.18. The summed E-state index contributed by atoms with van der Waals surface area (Å²) in [5.74, 6) is -0.0808. The summed E-state index contributed by atoms with van der Waals surface area (Å²) in [6.07, 6.45) is 0. The molecule has 2 rings (SSSR count). The van der Waals surface area contributed by atoms with Gasteiger partial charge in [0.1, 0.15) is 0 Å². The smallest absolute Gasteiger partial charge is 0.259 e. The molecule has 94 valence electrons. The number of halogens is 1. The minimum Gasteiger partial charge on any atom is -0.397 e. The lowest BCUT2D eigenvalue weighted by Crippen LogP contribution is -2.27. The first-order valence-corrected chi connectivity index (χ1v) is 6.68. The van der Waals surface area contributed by atoms with Gasteiger partial charge in [-0.1, -0.05) is 11.6 Å². The van der Waals surface area contributed by atoms with E-state index in [0.29, 0.717) is 22.0 Å². The van der Waals surface area contributed by atoms with Gasteiger partial charge in [-0.2, -0.15) is 11.3 Å². The van der Waals surface area contributed by atoms with Crippen LogP contribution in [0.5, 0.6) is 0 Å². The summed E-state index contributed by atoms with van der Waals surface area (Å²) < 4.78 is 0. The van der Waals surface area contributed by atoms with Crippen LogP contribution >= 0.6 is 22.9 Å². The van der Waals surface area contributed by atoms with Crippen molar-refractivity contribution < 1.29 is 4.79 Å². The van der Waals surface area contributed by atoms with Gasteiger partial charge in [0.25, 0.3) is 5.91 Å². The highest BCUT2D eigenvalue weighted by atomic mass is 35.5. The predicted molar refractivity (Wildman–Crippen MR) is 77.7 cm³/mol. The van der Waals surface area contributed by atoms with Gasteiger partial charge in [0.05, 0.1) is 16.9 Å². The molecule has 18 heavy (non-hydrogen) atoms. The van der Waals surface area contributed by atoms with E-state index >= 15 is 0 Å². The lowest BCUT2D eigenvalue weighted by molar-refractivity contribution is 0.0993. The molecule has 1 heterocycles. The molecular weight excluding hydrogens is 268 g/mol. The third kappa shape index (κ3) is 2.35. The number of carbonyl (C=O) groups excluding carboxylic acids is 1. The van der Waals surface area contributed by atoms with Gasteiger partial charge in [-0.3, -0.25) is 4.79 Å². The van der Waals surface area contributed by atoms with Crippen LogP contribution < -0.4 is 10.6 Å². The Labute approximate surface area is 115 Å². The molecule has 1 aromatic heterocycles. The van der Waals surface area contributed by atoms with Gasteiger partial charge in [0.15, 0.2) is 0 Å². The van der Waals surface area contributed by atoms with E-state index in [9.17, 15) is 4.79 Å². The van der Waals surface area contributed by atoms with Crippen molar-refractivity contribution in [2.45, 2.75) is 6.92 Å². The van der Waals surface area contributed by atoms with Gasteiger partial charge in [-0.25, -0.2) is 0 Å². The molecule has 1 amide bonds. The van der Waals surface area contributed by atoms with Crippen molar-refractivity contribution in [3.8, 4) is 0 Å². The minimum absolute atomic E-state index is 0.0808. The number of hydrogen-bond donors (Lipinski definition) is 1. The molecule has 0 aliphatic carbocycles. The van der Waals surface area contributed by atoms with Crippen LogP contribution in [0.2, 0.25) is 5.02 Å². The van der Waals surface area contributed by atoms with Crippen molar-refractivity contribution in [1.82, 2.24) is 0 Å². The molecule has 3 nitrogen and oxygen atoms in total. The number of nitrogen functional groups attached to an aromatic ring is 1. The lowest BCUT2D eigenvalue weighted by atomic mass is 10.2. The fourth-order valence-electron chi connectivity index (χ4n) is 1.68. The Kier molecular flexibility index (Phi) is 3.59. The molecule has 0 spiro atoms. The number of aryl methyl sites for hydroxylation is 1. The minimum atomic E-state index is -0.0808. The zero-order valence-corrected chi connectivity index (χ0v) is 11.7. The van der Waals surface area contributed by atoms with Crippen molar-refractivity contribution in [3.05, 3.63) is 45.1 Å². The quantitative estimate of drug-likeness (QED) is 0.855. The Balaban J connectivity index is 2.37. The number of nitrogens with two attached hydrogens (primary N) is 1. The second kappa shape index (κ2) is 5.00. The summed E-state index contributed by atoms with van der Waals surface area (Å²) in [7, 11) is 1.70. The summed E-state index contributed by atoms with van der Waals surface area (Å²) in [5.41, 5.74) is 8.69. The average molecular weight is 281 g/mol. The van der Waals surface area contributed by atoms with Crippen LogP contribution in [0.3, 0.4) is 0 Å². The lowest BCUT2D eigenvalue weighted by Gasteiger charge is -2.19. The van der Waals surface area contributed by atoms with Gasteiger partial charge in [0, 0.05) is 17.5 Å². The molecule has 5 heteroatoms. The molecule has 2 aromatic rings. The van der Waals surface area contributed by atoms with Crippen LogP contribution in [0.15, 0.2) is 29.0 Å². The van der Waals surface area contributed by atoms with Gasteiger partial charge in [-0.05, 0) is 36.1 Å². The number of anilines is 2. The molecule has 0 aliphatic heterocycles. The number of nitrogens with zero attached hydrogens (tertiary/aromatic N) is 1. The van der Waals surface area contributed by atoms with Crippen molar-refractivity contribution in [2.75, 3.05) is 17.7 Å². The number of amides is 1. The van der Waals surface area contributed by atoms with Gasteiger partial charge in [0.2, 0.25) is 0 Å². The molecule has 0 unspecified atom stereocenters. The number of carbonyl (C=O) groups is 1. The molecular formula is C13H13ClN2OS. The zero-order chi connectivity index (χ0) is 13.3. The molecule has 0 fully saturated rings. The maximum Gasteiger partial charge on any atom is 0.259 e. The van der Waals surface area contributed by atoms with E-state index in [4.69, 9.17) is 17.3 Å². The third-order valence-corrected chi connectivity index (χ3v) is 3.84. The molecule has 0 saturated carbocycles. The maximum absolute atomic E-state index is 12.3. The van der Waals surface area contributed by atoms with Crippen molar-refractivity contribution in [3.63, 3.8) is 0 Å². The van der Waals surface area contributed by atoms with Crippen LogP contribution in [-0.2, 0) is 0 Å². The third-order valence-electron chi connectivity index (χ3n) is 2.74. The first-order chi connectivity index (χ1) is 8.50. The van der Waals surface area contributed by atoms with E-state index in [1.807, 2.05) is 17.7 Å². The molecule has 0 radical (unpaired) electrons. The second-order valence-electron chi connectivity index (χ2n) is 4.04. The van der Waals surface area contributed by atoms with E-state index in [0.717, 1.165) is 5.56 Å². The maximum atomic E-state index is 12.3. The van der Waals surface area contributed by atoms with Gasteiger partial charge in [-0.15, -0.1) is 0 Å². The van der Waals surface area contributed by atoms with E-state index in [2.05, 4.69) is 0 Å². The highest BCUT2D eigenvalue weighted by molar-refractivity contribution is 7.08. The van der Waals surface area contributed by atoms with E-state index in [1.165, 1.54) is 16.2 Å². The Morgan fingerprint density at radius 2 is 2.11 bits per heavy atom. The number of rotatable bonds is 2. The molecule has 0 bridgehead atoms. The van der Waals surface area contributed by atoms with Crippen molar-refractivity contribution >= 4 is 40.2 Å². The molecule has 2 N–H and O–H groups in total. The molecule has 0 saturated heterocycles. The second-order valence-corrected chi connectivity index (χ2v) is 5.22.